The molecule has 1 aromatic carbocycles. The highest BCUT2D eigenvalue weighted by molar-refractivity contribution is 5.80. The maximum Gasteiger partial charge on any atom is 0.315 e. The molecule has 0 spiro atoms. The van der Waals surface area contributed by atoms with Gasteiger partial charge in [-0.15, -0.1) is 0 Å². The number of hydrogen-bond acceptors (Lipinski definition) is 6. The molecule has 2 fully saturated rings. The standard InChI is InChI=1S/C18H24N2O5/c1-23-15-6-4-3-5-13(15)7-19-16(21)9-20-8-14-10-25-12-18(14,11-20)17(22)24-2/h3-6,14H,7-12H2,1-2H3,(H,19,21)/t14-,18-/m0/s1. The predicted octanol–water partition coefficient (Wildman–Crippen LogP) is 0.433. The third kappa shape index (κ3) is 3.48. The number of carbonyl (C=O) groups excluding carboxylic acids is 2. The Morgan fingerprint density at radius 2 is 2.16 bits per heavy atom. The van der Waals surface area contributed by atoms with Gasteiger partial charge in [0.05, 0.1) is 34.0 Å². The normalized spacial score (nSPS) is 25.4. The molecule has 2 atom stereocenters. The number of para-hydroxylation sites is 1. The Kier molecular flexibility index (Phi) is 5.24. The fourth-order valence-corrected chi connectivity index (χ4v) is 3.75. The summed E-state index contributed by atoms with van der Waals surface area (Å²) >= 11 is 0. The topological polar surface area (TPSA) is 77.1 Å². The first kappa shape index (κ1) is 17.7. The van der Waals surface area contributed by atoms with Crippen LogP contribution in [0.15, 0.2) is 24.3 Å². The molecule has 7 heteroatoms. The van der Waals surface area contributed by atoms with E-state index in [1.165, 1.54) is 7.11 Å². The average molecular weight is 348 g/mol. The lowest BCUT2D eigenvalue weighted by atomic mass is 9.81. The van der Waals surface area contributed by atoms with Gasteiger partial charge in [0.1, 0.15) is 11.2 Å². The summed E-state index contributed by atoms with van der Waals surface area (Å²) in [6.07, 6.45) is 0. The van der Waals surface area contributed by atoms with E-state index in [1.54, 1.807) is 7.11 Å². The molecular weight excluding hydrogens is 324 g/mol. The fourth-order valence-electron chi connectivity index (χ4n) is 3.75. The smallest absolute Gasteiger partial charge is 0.315 e. The van der Waals surface area contributed by atoms with Crippen molar-refractivity contribution in [2.24, 2.45) is 11.3 Å². The first-order valence-corrected chi connectivity index (χ1v) is 8.36. The van der Waals surface area contributed by atoms with Gasteiger partial charge in [0.15, 0.2) is 0 Å². The van der Waals surface area contributed by atoms with Gasteiger partial charge in [-0.1, -0.05) is 18.2 Å². The molecule has 0 aliphatic carbocycles. The number of benzene rings is 1. The second-order valence-electron chi connectivity index (χ2n) is 6.62. The highest BCUT2D eigenvalue weighted by Gasteiger charge is 2.56. The van der Waals surface area contributed by atoms with E-state index in [9.17, 15) is 9.59 Å². The second-order valence-corrected chi connectivity index (χ2v) is 6.62. The molecule has 1 amide bonds. The van der Waals surface area contributed by atoms with Crippen molar-refractivity contribution in [2.75, 3.05) is 47.1 Å². The van der Waals surface area contributed by atoms with Crippen LogP contribution in [0.2, 0.25) is 0 Å². The summed E-state index contributed by atoms with van der Waals surface area (Å²) in [4.78, 5) is 26.5. The third-order valence-corrected chi connectivity index (χ3v) is 5.07. The first-order chi connectivity index (χ1) is 12.1. The number of nitrogens with one attached hydrogen (secondary N) is 1. The number of methoxy groups -OCH3 is 2. The van der Waals surface area contributed by atoms with Gasteiger partial charge in [-0.3, -0.25) is 14.5 Å². The second kappa shape index (κ2) is 7.41. The van der Waals surface area contributed by atoms with Crippen molar-refractivity contribution in [3.05, 3.63) is 29.8 Å². The largest absolute Gasteiger partial charge is 0.496 e. The summed E-state index contributed by atoms with van der Waals surface area (Å²) in [6.45, 7) is 2.72. The van der Waals surface area contributed by atoms with E-state index in [4.69, 9.17) is 14.2 Å². The zero-order chi connectivity index (χ0) is 17.9. The molecule has 0 aromatic heterocycles. The van der Waals surface area contributed by atoms with Gasteiger partial charge >= 0.3 is 5.97 Å². The Balaban J connectivity index is 1.55. The van der Waals surface area contributed by atoms with E-state index < -0.39 is 5.41 Å². The van der Waals surface area contributed by atoms with E-state index >= 15 is 0 Å². The molecule has 0 bridgehead atoms. The van der Waals surface area contributed by atoms with Gasteiger partial charge < -0.3 is 19.5 Å². The maximum absolute atomic E-state index is 12.3. The summed E-state index contributed by atoms with van der Waals surface area (Å²) in [5, 5.41) is 2.91. The van der Waals surface area contributed by atoms with Gasteiger partial charge in [0.25, 0.3) is 0 Å². The average Bonchev–Trinajstić information content (AvgIpc) is 3.17. The molecule has 0 saturated carbocycles. The van der Waals surface area contributed by atoms with Crippen LogP contribution in [-0.2, 0) is 25.6 Å². The van der Waals surface area contributed by atoms with Crippen LogP contribution in [0.4, 0.5) is 0 Å². The van der Waals surface area contributed by atoms with Crippen LogP contribution in [0.5, 0.6) is 5.75 Å². The van der Waals surface area contributed by atoms with Crippen molar-refractivity contribution in [1.82, 2.24) is 10.2 Å². The van der Waals surface area contributed by atoms with Crippen LogP contribution in [0.1, 0.15) is 5.56 Å². The van der Waals surface area contributed by atoms with Crippen LogP contribution in [-0.4, -0.2) is 63.8 Å². The third-order valence-electron chi connectivity index (χ3n) is 5.07. The van der Waals surface area contributed by atoms with Crippen molar-refractivity contribution < 1.29 is 23.8 Å². The van der Waals surface area contributed by atoms with Crippen molar-refractivity contribution in [1.29, 1.82) is 0 Å². The molecule has 0 unspecified atom stereocenters. The molecular formula is C18H24N2O5. The van der Waals surface area contributed by atoms with E-state index in [2.05, 4.69) is 5.32 Å². The number of ether oxygens (including phenoxy) is 3. The minimum absolute atomic E-state index is 0.0770. The van der Waals surface area contributed by atoms with Crippen LogP contribution in [0.25, 0.3) is 0 Å². The maximum atomic E-state index is 12.3. The van der Waals surface area contributed by atoms with Crippen molar-refractivity contribution in [3.63, 3.8) is 0 Å². The van der Waals surface area contributed by atoms with E-state index in [1.807, 2.05) is 29.2 Å². The molecule has 2 aliphatic rings. The van der Waals surface area contributed by atoms with Crippen molar-refractivity contribution in [2.45, 2.75) is 6.54 Å². The SMILES string of the molecule is COC(=O)[C@@]12COC[C@@H]1CN(CC(=O)NCc1ccccc1OC)C2. The zero-order valence-electron chi connectivity index (χ0n) is 14.6. The first-order valence-electron chi connectivity index (χ1n) is 8.36. The summed E-state index contributed by atoms with van der Waals surface area (Å²) in [5.41, 5.74) is 0.300. The zero-order valence-corrected chi connectivity index (χ0v) is 14.6. The van der Waals surface area contributed by atoms with E-state index in [0.29, 0.717) is 32.8 Å². The molecule has 1 aromatic rings. The van der Waals surface area contributed by atoms with Crippen LogP contribution >= 0.6 is 0 Å². The Bertz CT molecular complexity index is 650. The predicted molar refractivity (Wildman–Crippen MR) is 90.0 cm³/mol. The molecule has 1 N–H and O–H groups in total. The van der Waals surface area contributed by atoms with E-state index in [0.717, 1.165) is 11.3 Å². The lowest BCUT2D eigenvalue weighted by molar-refractivity contribution is -0.153. The number of carbonyl (C=O) groups is 2. The van der Waals surface area contributed by atoms with Crippen molar-refractivity contribution in [3.8, 4) is 5.75 Å². The Morgan fingerprint density at radius 1 is 1.36 bits per heavy atom. The number of hydrogen-bond donors (Lipinski definition) is 1. The number of esters is 1. The van der Waals surface area contributed by atoms with Gasteiger partial charge in [0, 0.05) is 31.1 Å². The monoisotopic (exact) mass is 348 g/mol. The molecule has 2 saturated heterocycles. The lowest BCUT2D eigenvalue weighted by Gasteiger charge is -2.23. The molecule has 7 nitrogen and oxygen atoms in total. The summed E-state index contributed by atoms with van der Waals surface area (Å²) in [7, 11) is 3.01. The van der Waals surface area contributed by atoms with Crippen LogP contribution in [0, 0.1) is 11.3 Å². The van der Waals surface area contributed by atoms with E-state index in [-0.39, 0.29) is 24.3 Å². The number of likely N-dealkylation sites (tertiary alicyclic amines) is 1. The summed E-state index contributed by atoms with van der Waals surface area (Å²) in [6, 6.07) is 7.58. The summed E-state index contributed by atoms with van der Waals surface area (Å²) in [5.74, 6) is 0.515. The molecule has 2 heterocycles. The molecule has 2 aliphatic heterocycles. The van der Waals surface area contributed by atoms with Crippen LogP contribution < -0.4 is 10.1 Å². The minimum Gasteiger partial charge on any atom is -0.496 e. The number of fused-ring (bicyclic) bond motifs is 1. The molecule has 0 radical (unpaired) electrons. The Morgan fingerprint density at radius 3 is 2.92 bits per heavy atom. The fraction of sp³-hybridized carbons (Fsp3) is 0.556. The minimum atomic E-state index is -0.627. The Labute approximate surface area is 147 Å². The number of amides is 1. The van der Waals surface area contributed by atoms with Gasteiger partial charge in [-0.25, -0.2) is 0 Å². The Hall–Kier alpha value is -2.12. The highest BCUT2D eigenvalue weighted by Crippen LogP contribution is 2.42. The molecule has 25 heavy (non-hydrogen) atoms. The number of rotatable bonds is 6. The number of nitrogens with zero attached hydrogens (tertiary/aromatic N) is 1. The highest BCUT2D eigenvalue weighted by atomic mass is 16.5. The van der Waals surface area contributed by atoms with Gasteiger partial charge in [-0.05, 0) is 6.07 Å². The van der Waals surface area contributed by atoms with Gasteiger partial charge in [-0.2, -0.15) is 0 Å². The van der Waals surface area contributed by atoms with Crippen molar-refractivity contribution >= 4 is 11.9 Å². The quantitative estimate of drug-likeness (QED) is 0.752. The van der Waals surface area contributed by atoms with Gasteiger partial charge in [0.2, 0.25) is 5.91 Å². The van der Waals surface area contributed by atoms with Crippen LogP contribution in [0.3, 0.4) is 0 Å². The summed E-state index contributed by atoms with van der Waals surface area (Å²) < 4.78 is 15.7. The molecule has 3 rings (SSSR count). The molecule has 136 valence electrons. The lowest BCUT2D eigenvalue weighted by Crippen LogP contribution is -2.41.